The third-order valence-corrected chi connectivity index (χ3v) is 2.85. The summed E-state index contributed by atoms with van der Waals surface area (Å²) in [6.45, 7) is 0. The molecule has 0 aliphatic heterocycles. The van der Waals surface area contributed by atoms with Crippen LogP contribution in [0.3, 0.4) is 0 Å². The molecule has 0 saturated heterocycles. The Labute approximate surface area is 136 Å². The lowest BCUT2D eigenvalue weighted by atomic mass is 10.3. The molecule has 0 bridgehead atoms. The first-order valence-corrected chi connectivity index (χ1v) is 6.69. The Bertz CT molecular complexity index is 628. The van der Waals surface area contributed by atoms with Gasteiger partial charge in [0, 0.05) is 0 Å². The fourth-order valence-electron chi connectivity index (χ4n) is 1.68. The molecule has 0 atom stereocenters. The minimum Gasteiger partial charge on any atom is -0.466 e. The summed E-state index contributed by atoms with van der Waals surface area (Å²) in [5.74, 6) is 0.551. The molecule has 0 aliphatic rings. The summed E-state index contributed by atoms with van der Waals surface area (Å²) in [4.78, 5) is 12.6. The van der Waals surface area contributed by atoms with Crippen LogP contribution in [0.25, 0.3) is 0 Å². The molecule has 0 saturated carbocycles. The number of halogens is 4. The molecule has 0 aliphatic carbocycles. The number of nitrogens with zero attached hydrogens (tertiary/aromatic N) is 4. The van der Waals surface area contributed by atoms with Crippen LogP contribution in [0.4, 0.5) is 28.9 Å². The number of ether oxygens (including phenoxy) is 2. The van der Waals surface area contributed by atoms with E-state index in [2.05, 4.69) is 15.0 Å². The Hall–Kier alpha value is -2.43. The van der Waals surface area contributed by atoms with E-state index in [1.54, 1.807) is 0 Å². The van der Waals surface area contributed by atoms with Crippen molar-refractivity contribution in [3.63, 3.8) is 0 Å². The number of para-hydroxylation sites is 1. The van der Waals surface area contributed by atoms with E-state index in [4.69, 9.17) is 9.47 Å². The molecule has 0 spiro atoms. The smallest absolute Gasteiger partial charge is 0.466 e. The van der Waals surface area contributed by atoms with Gasteiger partial charge in [-0.1, -0.05) is 18.2 Å². The number of rotatable bonds is 4. The molecule has 2 aromatic rings. The Morgan fingerprint density at radius 2 is 1.25 bits per heavy atom. The molecule has 11 heteroatoms. The molecule has 2 rings (SSSR count). The number of hydrogen-bond donors (Lipinski definition) is 0. The fourth-order valence-corrected chi connectivity index (χ4v) is 1.68. The van der Waals surface area contributed by atoms with Gasteiger partial charge < -0.3 is 26.7 Å². The predicted octanol–water partition coefficient (Wildman–Crippen LogP) is 3.09. The Balaban J connectivity index is 0.000000505. The maximum Gasteiger partial charge on any atom is 0.673 e. The fraction of sp³-hybridized carbons (Fsp3) is 0.308. The van der Waals surface area contributed by atoms with Crippen LogP contribution in [-0.2, 0) is 0 Å². The van der Waals surface area contributed by atoms with Crippen LogP contribution in [-0.4, -0.2) is 50.5 Å². The van der Waals surface area contributed by atoms with Crippen molar-refractivity contribution in [3.05, 3.63) is 30.3 Å². The van der Waals surface area contributed by atoms with Gasteiger partial charge in [-0.15, -0.1) is 15.0 Å². The lowest BCUT2D eigenvalue weighted by Gasteiger charge is -2.25. The quantitative estimate of drug-likeness (QED) is 0.483. The monoisotopic (exact) mass is 348 g/mol. The van der Waals surface area contributed by atoms with Gasteiger partial charge in [0.1, 0.15) is 5.69 Å². The Kier molecular flexibility index (Phi) is 6.47. The molecule has 0 unspecified atom stereocenters. The van der Waals surface area contributed by atoms with Gasteiger partial charge >= 0.3 is 25.2 Å². The second kappa shape index (κ2) is 7.91. The average molecular weight is 348 g/mol. The average Bonchev–Trinajstić information content (AvgIpc) is 2.53. The highest BCUT2D eigenvalue weighted by molar-refractivity contribution is 6.50. The van der Waals surface area contributed by atoms with Crippen LogP contribution in [0.1, 0.15) is 0 Å². The topological polar surface area (TPSA) is 57.1 Å². The van der Waals surface area contributed by atoms with Crippen LogP contribution in [0.15, 0.2) is 30.3 Å². The molecule has 24 heavy (non-hydrogen) atoms. The maximum absolute atomic E-state index is 9.75. The number of aromatic nitrogens is 3. The summed E-state index contributed by atoms with van der Waals surface area (Å²) in [5, 5.41) is 0. The van der Waals surface area contributed by atoms with E-state index >= 15 is 0 Å². The van der Waals surface area contributed by atoms with E-state index in [0.717, 1.165) is 5.69 Å². The molecular weight excluding hydrogens is 331 g/mol. The second-order valence-corrected chi connectivity index (χ2v) is 4.89. The summed E-state index contributed by atoms with van der Waals surface area (Å²) in [6, 6.07) is 10.4. The third-order valence-electron chi connectivity index (χ3n) is 2.85. The van der Waals surface area contributed by atoms with Crippen molar-refractivity contribution in [1.82, 2.24) is 19.4 Å². The highest BCUT2D eigenvalue weighted by atomic mass is 19.5. The molecule has 1 aromatic carbocycles. The van der Waals surface area contributed by atoms with Gasteiger partial charge in [-0.25, -0.2) is 4.48 Å². The second-order valence-electron chi connectivity index (χ2n) is 4.89. The number of quaternary nitrogens is 1. The SMILES string of the molecule is COc1nc(OC)nc([N+](C)(C)c2ccccc2)n1.F[B-](F)(F)F. The summed E-state index contributed by atoms with van der Waals surface area (Å²) >= 11 is 0. The zero-order valence-electron chi connectivity index (χ0n) is 13.6. The largest absolute Gasteiger partial charge is 0.673 e. The molecule has 0 amide bonds. The summed E-state index contributed by atoms with van der Waals surface area (Å²) in [7, 11) is 1.01. The van der Waals surface area contributed by atoms with Crippen molar-refractivity contribution in [1.29, 1.82) is 0 Å². The van der Waals surface area contributed by atoms with Crippen LogP contribution in [0.2, 0.25) is 0 Å². The van der Waals surface area contributed by atoms with Gasteiger partial charge in [-0.2, -0.15) is 0 Å². The molecule has 0 radical (unpaired) electrons. The van der Waals surface area contributed by atoms with Crippen LogP contribution in [0.5, 0.6) is 12.0 Å². The molecule has 0 fully saturated rings. The standard InChI is InChI=1S/C13H17N4O2.BF4/c1-17(2,10-8-6-5-7-9-10)11-14-12(18-3)16-13(15-11)19-4;2-1(3,4)5/h5-9H,1-4H3;/q+1;-1. The summed E-state index contributed by atoms with van der Waals surface area (Å²) < 4.78 is 49.5. The first-order valence-electron chi connectivity index (χ1n) is 6.69. The molecule has 0 N–H and O–H groups in total. The molecule has 1 heterocycles. The Morgan fingerprint density at radius 1 is 0.833 bits per heavy atom. The van der Waals surface area contributed by atoms with Crippen molar-refractivity contribution in [2.24, 2.45) is 0 Å². The minimum absolute atomic E-state index is 0.240. The van der Waals surface area contributed by atoms with Crippen molar-refractivity contribution in [2.75, 3.05) is 28.3 Å². The molecular formula is C13H17BF4N4O2. The van der Waals surface area contributed by atoms with E-state index in [1.807, 2.05) is 44.4 Å². The van der Waals surface area contributed by atoms with Crippen molar-refractivity contribution in [2.45, 2.75) is 0 Å². The lowest BCUT2D eigenvalue weighted by molar-refractivity contribution is 0.332. The van der Waals surface area contributed by atoms with E-state index in [0.29, 0.717) is 10.4 Å². The molecule has 1 aromatic heterocycles. The van der Waals surface area contributed by atoms with Crippen molar-refractivity contribution < 1.29 is 26.7 Å². The zero-order valence-corrected chi connectivity index (χ0v) is 13.6. The first-order chi connectivity index (χ1) is 11.1. The lowest BCUT2D eigenvalue weighted by Crippen LogP contribution is -2.36. The van der Waals surface area contributed by atoms with Gasteiger partial charge in [0.2, 0.25) is 0 Å². The van der Waals surface area contributed by atoms with Gasteiger partial charge in [0.05, 0.1) is 28.3 Å². The van der Waals surface area contributed by atoms with Gasteiger partial charge in [-0.3, -0.25) is 0 Å². The van der Waals surface area contributed by atoms with Gasteiger partial charge in [0.15, 0.2) is 0 Å². The van der Waals surface area contributed by atoms with Crippen molar-refractivity contribution in [3.8, 4) is 12.0 Å². The molecule has 132 valence electrons. The highest BCUT2D eigenvalue weighted by Gasteiger charge is 2.28. The van der Waals surface area contributed by atoms with E-state index < -0.39 is 7.25 Å². The van der Waals surface area contributed by atoms with Crippen LogP contribution >= 0.6 is 0 Å². The Morgan fingerprint density at radius 3 is 1.62 bits per heavy atom. The van der Waals surface area contributed by atoms with Crippen LogP contribution in [0, 0.1) is 0 Å². The van der Waals surface area contributed by atoms with Gasteiger partial charge in [-0.05, 0) is 12.1 Å². The van der Waals surface area contributed by atoms with E-state index in [9.17, 15) is 17.3 Å². The predicted molar refractivity (Wildman–Crippen MR) is 82.9 cm³/mol. The summed E-state index contributed by atoms with van der Waals surface area (Å²) in [5.41, 5.74) is 1.05. The number of methoxy groups -OCH3 is 2. The maximum atomic E-state index is 9.75. The third kappa shape index (κ3) is 5.99. The number of benzene rings is 1. The number of hydrogen-bond acceptors (Lipinski definition) is 5. The van der Waals surface area contributed by atoms with E-state index in [-0.39, 0.29) is 12.0 Å². The van der Waals surface area contributed by atoms with Crippen LogP contribution < -0.4 is 14.0 Å². The van der Waals surface area contributed by atoms with Crippen molar-refractivity contribution >= 4 is 18.9 Å². The van der Waals surface area contributed by atoms with Gasteiger partial charge in [0.25, 0.3) is 0 Å². The van der Waals surface area contributed by atoms with E-state index in [1.165, 1.54) is 14.2 Å². The summed E-state index contributed by atoms with van der Waals surface area (Å²) in [6.07, 6.45) is 0. The normalized spacial score (nSPS) is 11.3. The zero-order chi connectivity index (χ0) is 18.4. The minimum atomic E-state index is -6.00. The highest BCUT2D eigenvalue weighted by Crippen LogP contribution is 2.28. The molecule has 6 nitrogen and oxygen atoms in total. The first kappa shape index (κ1) is 19.6.